The van der Waals surface area contributed by atoms with Crippen molar-refractivity contribution in [3.05, 3.63) is 0 Å². The van der Waals surface area contributed by atoms with E-state index < -0.39 is 7.27 Å². The minimum Gasteiger partial charge on any atom is -0.356 e. The van der Waals surface area contributed by atoms with Crippen molar-refractivity contribution in [3.63, 3.8) is 0 Å². The highest BCUT2D eigenvalue weighted by Crippen LogP contribution is 1.66. The van der Waals surface area contributed by atoms with Crippen LogP contribution < -0.4 is 5.40 Å². The molecule has 0 spiro atoms. The van der Waals surface area contributed by atoms with Crippen LogP contribution in [0.4, 0.5) is 0 Å². The first-order valence-electron chi connectivity index (χ1n) is 1.79. The van der Waals surface area contributed by atoms with Crippen LogP contribution in [0.2, 0.25) is 6.55 Å². The molecule has 0 fully saturated rings. The Bertz CT molecular complexity index is 22.4. The third kappa shape index (κ3) is 84.3. The van der Waals surface area contributed by atoms with Gasteiger partial charge in [-0.05, 0) is 0 Å². The van der Waals surface area contributed by atoms with Crippen LogP contribution in [-0.2, 0) is 0 Å². The van der Waals surface area contributed by atoms with Crippen molar-refractivity contribution in [2.45, 2.75) is 6.55 Å². The summed E-state index contributed by atoms with van der Waals surface area (Å²) < 4.78 is 0. The summed E-state index contributed by atoms with van der Waals surface area (Å²) in [5.74, 6) is 0. The Morgan fingerprint density at radius 1 is 1.60 bits per heavy atom. The molecule has 5 heavy (non-hydrogen) atoms. The quantitative estimate of drug-likeness (QED) is 0.345. The zero-order valence-electron chi connectivity index (χ0n) is 4.08. The van der Waals surface area contributed by atoms with Crippen molar-refractivity contribution in [2.24, 2.45) is 5.40 Å². The summed E-state index contributed by atoms with van der Waals surface area (Å²) in [7, 11) is 1.74. The predicted octanol–water partition coefficient (Wildman–Crippen LogP) is -2.76. The van der Waals surface area contributed by atoms with Crippen LogP contribution >= 0.6 is 0 Å². The average Bonchev–Trinajstić information content (AvgIpc) is 0.722. The van der Waals surface area contributed by atoms with Gasteiger partial charge in [0.15, 0.2) is 0 Å². The van der Waals surface area contributed by atoms with Gasteiger partial charge in [0.2, 0.25) is 0 Å². The molecule has 0 heterocycles. The number of nitrogens with two attached hydrogens (primary N) is 1. The molecule has 0 bridgehead atoms. The molecule has 0 radical (unpaired) electrons. The van der Waals surface area contributed by atoms with E-state index in [9.17, 15) is 0 Å². The van der Waals surface area contributed by atoms with E-state index >= 15 is 0 Å². The molecule has 0 saturated carbocycles. The highest BCUT2D eigenvalue weighted by Gasteiger charge is 2.00. The smallest absolute Gasteiger partial charge is 0.0783 e. The molecule has 2 N–H and O–H groups in total. The van der Waals surface area contributed by atoms with Crippen LogP contribution in [-0.4, -0.2) is 26.8 Å². The number of hydrogen-bond donors (Lipinski definition) is 1. The predicted molar refractivity (Wildman–Crippen MR) is 35.7 cm³/mol. The van der Waals surface area contributed by atoms with E-state index in [1.54, 1.807) is 0 Å². The number of hydrogen-bond acceptors (Lipinski definition) is 1. The standard InChI is InChI=1S/CH11NSi3/c1-5(2,3)4/h2H2,1,3-4H3. The Balaban J connectivity index is 3.02. The molecule has 0 aromatic heterocycles. The van der Waals surface area contributed by atoms with Gasteiger partial charge in [0.1, 0.15) is 0 Å². The van der Waals surface area contributed by atoms with Gasteiger partial charge in [-0.15, -0.1) is 0 Å². The van der Waals surface area contributed by atoms with Crippen molar-refractivity contribution in [1.29, 1.82) is 0 Å². The van der Waals surface area contributed by atoms with Crippen LogP contribution in [0.1, 0.15) is 0 Å². The van der Waals surface area contributed by atoms with Gasteiger partial charge in [-0.1, -0.05) is 6.55 Å². The summed E-state index contributed by atoms with van der Waals surface area (Å²) in [5, 5.41) is 5.62. The van der Waals surface area contributed by atoms with Gasteiger partial charge in [0.25, 0.3) is 0 Å². The van der Waals surface area contributed by atoms with E-state index in [2.05, 4.69) is 6.55 Å². The van der Waals surface area contributed by atoms with E-state index in [0.717, 1.165) is 0 Å². The summed E-state index contributed by atoms with van der Waals surface area (Å²) in [5.41, 5.74) is 0. The van der Waals surface area contributed by atoms with Crippen molar-refractivity contribution < 1.29 is 0 Å². The molecule has 0 saturated heterocycles. The molecule has 0 aromatic carbocycles. The van der Waals surface area contributed by atoms with Gasteiger partial charge in [-0.25, -0.2) is 0 Å². The van der Waals surface area contributed by atoms with Gasteiger partial charge in [-0.2, -0.15) is 0 Å². The summed E-state index contributed by atoms with van der Waals surface area (Å²) in [4.78, 5) is 0. The first kappa shape index (κ1) is 5.61. The average molecular weight is 121 g/mol. The largest absolute Gasteiger partial charge is 0.356 e. The third-order valence-corrected chi connectivity index (χ3v) is 0. The summed E-state index contributed by atoms with van der Waals surface area (Å²) >= 11 is 0. The lowest BCUT2D eigenvalue weighted by molar-refractivity contribution is 1.82. The van der Waals surface area contributed by atoms with Gasteiger partial charge >= 0.3 is 0 Å². The molecular weight excluding hydrogens is 110 g/mol. The van der Waals surface area contributed by atoms with Crippen LogP contribution in [0, 0.1) is 0 Å². The number of rotatable bonds is 0. The monoisotopic (exact) mass is 121 g/mol. The topological polar surface area (TPSA) is 26.0 Å². The zero-order chi connectivity index (χ0) is 4.50. The first-order valence-corrected chi connectivity index (χ1v) is 11.4. The molecule has 0 aliphatic heterocycles. The molecule has 32 valence electrons. The van der Waals surface area contributed by atoms with Crippen molar-refractivity contribution in [2.75, 3.05) is 0 Å². The van der Waals surface area contributed by atoms with Gasteiger partial charge in [0, 0.05) is 19.5 Å². The summed E-state index contributed by atoms with van der Waals surface area (Å²) in [6.45, 7) is 2.23. The molecule has 1 nitrogen and oxygen atoms in total. The molecule has 0 rings (SSSR count). The van der Waals surface area contributed by atoms with Crippen LogP contribution in [0.3, 0.4) is 0 Å². The fourth-order valence-corrected chi connectivity index (χ4v) is 0. The van der Waals surface area contributed by atoms with E-state index in [-0.39, 0.29) is 0 Å². The van der Waals surface area contributed by atoms with Crippen LogP contribution in [0.15, 0.2) is 0 Å². The van der Waals surface area contributed by atoms with Gasteiger partial charge in [0.05, 0.1) is 7.27 Å². The second-order valence-electron chi connectivity index (χ2n) is 2.37. The van der Waals surface area contributed by atoms with Crippen molar-refractivity contribution in [3.8, 4) is 0 Å². The van der Waals surface area contributed by atoms with E-state index in [4.69, 9.17) is 5.40 Å². The SMILES string of the molecule is C[Si](N)([SiH3])[SiH3]. The molecule has 0 aliphatic carbocycles. The minimum atomic E-state index is -0.833. The summed E-state index contributed by atoms with van der Waals surface area (Å²) in [6, 6.07) is 0. The fraction of sp³-hybridized carbons (Fsp3) is 1.00. The second-order valence-corrected chi connectivity index (χ2v) is 28.6. The Kier molecular flexibility index (Phi) is 1.54. The second kappa shape index (κ2) is 1.38. The lowest BCUT2D eigenvalue weighted by Crippen LogP contribution is -2.43. The zero-order valence-corrected chi connectivity index (χ0v) is 9.08. The Hall–Kier alpha value is 0.611. The molecule has 0 unspecified atom stereocenters. The van der Waals surface area contributed by atoms with Gasteiger partial charge < -0.3 is 5.40 Å². The fourth-order valence-electron chi connectivity index (χ4n) is 0. The lowest BCUT2D eigenvalue weighted by atomic mass is 11.9. The minimum absolute atomic E-state index is 0.833. The lowest BCUT2D eigenvalue weighted by Gasteiger charge is -2.02. The highest BCUT2D eigenvalue weighted by molar-refractivity contribution is 7.39. The maximum Gasteiger partial charge on any atom is 0.0783 e. The van der Waals surface area contributed by atoms with E-state index in [1.165, 1.54) is 19.5 Å². The molecule has 0 aromatic rings. The summed E-state index contributed by atoms with van der Waals surface area (Å²) in [6.07, 6.45) is 0. The highest BCUT2D eigenvalue weighted by atomic mass is 29.6. The normalized spacial score (nSPS) is 22.8. The maximum atomic E-state index is 5.62. The maximum absolute atomic E-state index is 5.62. The van der Waals surface area contributed by atoms with Crippen LogP contribution in [0.25, 0.3) is 0 Å². The third-order valence-electron chi connectivity index (χ3n) is 0. The molecule has 0 aliphatic rings. The Morgan fingerprint density at radius 2 is 1.60 bits per heavy atom. The van der Waals surface area contributed by atoms with Crippen LogP contribution in [0.5, 0.6) is 0 Å². The van der Waals surface area contributed by atoms with Gasteiger partial charge in [-0.3, -0.25) is 0 Å². The van der Waals surface area contributed by atoms with Crippen molar-refractivity contribution >= 4 is 26.8 Å². The Labute approximate surface area is 39.5 Å². The Morgan fingerprint density at radius 3 is 1.60 bits per heavy atom. The van der Waals surface area contributed by atoms with E-state index in [1.807, 2.05) is 0 Å². The molecule has 0 atom stereocenters. The first-order chi connectivity index (χ1) is 2.00. The molecule has 0 amide bonds. The van der Waals surface area contributed by atoms with E-state index in [0.29, 0.717) is 0 Å². The molecular formula is CH11NSi3. The molecule has 4 heteroatoms. The van der Waals surface area contributed by atoms with Crippen molar-refractivity contribution in [1.82, 2.24) is 0 Å².